The molecule has 1 atom stereocenters. The first-order valence-corrected chi connectivity index (χ1v) is 4.10. The molecule has 5 heteroatoms. The standard InChI is InChI=1S/C9H10FNO2.ClH/c10-6-1-2-8-9(3-6)13-7(5-12)4-11-8;/h1-3,7,11-12H,4-5H2;1H. The van der Waals surface area contributed by atoms with Crippen LogP contribution in [-0.4, -0.2) is 24.4 Å². The van der Waals surface area contributed by atoms with E-state index in [-0.39, 0.29) is 30.9 Å². The van der Waals surface area contributed by atoms with Gasteiger partial charge in [-0.3, -0.25) is 0 Å². The van der Waals surface area contributed by atoms with Crippen LogP contribution < -0.4 is 10.1 Å². The molecule has 1 aliphatic rings. The van der Waals surface area contributed by atoms with Crippen molar-refractivity contribution >= 4 is 18.1 Å². The molecule has 2 rings (SSSR count). The quantitative estimate of drug-likeness (QED) is 0.751. The second kappa shape index (κ2) is 4.48. The summed E-state index contributed by atoms with van der Waals surface area (Å²) in [5.41, 5.74) is 0.770. The molecule has 0 saturated carbocycles. The molecule has 0 bridgehead atoms. The Kier molecular flexibility index (Phi) is 3.55. The fourth-order valence-electron chi connectivity index (χ4n) is 1.29. The van der Waals surface area contributed by atoms with Gasteiger partial charge in [0.15, 0.2) is 0 Å². The van der Waals surface area contributed by atoms with E-state index in [1.807, 2.05) is 0 Å². The summed E-state index contributed by atoms with van der Waals surface area (Å²) < 4.78 is 18.1. The zero-order chi connectivity index (χ0) is 9.26. The zero-order valence-corrected chi connectivity index (χ0v) is 8.18. The van der Waals surface area contributed by atoms with E-state index in [4.69, 9.17) is 9.84 Å². The van der Waals surface area contributed by atoms with Crippen molar-refractivity contribution in [3.05, 3.63) is 24.0 Å². The minimum absolute atomic E-state index is 0. The third-order valence-corrected chi connectivity index (χ3v) is 1.96. The van der Waals surface area contributed by atoms with Crippen LogP contribution in [0.3, 0.4) is 0 Å². The number of ether oxygens (including phenoxy) is 1. The number of benzene rings is 1. The molecule has 0 spiro atoms. The van der Waals surface area contributed by atoms with Gasteiger partial charge in [0.1, 0.15) is 17.7 Å². The van der Waals surface area contributed by atoms with E-state index in [1.54, 1.807) is 6.07 Å². The van der Waals surface area contributed by atoms with Gasteiger partial charge in [0.2, 0.25) is 0 Å². The summed E-state index contributed by atoms with van der Waals surface area (Å²) in [5.74, 6) is 0.129. The first-order valence-electron chi connectivity index (χ1n) is 4.10. The summed E-state index contributed by atoms with van der Waals surface area (Å²) in [6.45, 7) is 0.484. The molecule has 0 radical (unpaired) electrons. The van der Waals surface area contributed by atoms with Crippen LogP contribution in [0.4, 0.5) is 10.1 Å². The lowest BCUT2D eigenvalue weighted by Gasteiger charge is -2.25. The molecular formula is C9H11ClFNO2. The Hall–Kier alpha value is -1.00. The molecule has 1 aromatic rings. The van der Waals surface area contributed by atoms with E-state index in [1.165, 1.54) is 12.1 Å². The lowest BCUT2D eigenvalue weighted by Crippen LogP contribution is -2.33. The Balaban J connectivity index is 0.000000980. The molecule has 1 unspecified atom stereocenters. The van der Waals surface area contributed by atoms with E-state index < -0.39 is 0 Å². The molecule has 1 heterocycles. The normalized spacial score (nSPS) is 18.6. The largest absolute Gasteiger partial charge is 0.484 e. The van der Waals surface area contributed by atoms with Gasteiger partial charge in [-0.05, 0) is 12.1 Å². The van der Waals surface area contributed by atoms with Gasteiger partial charge in [-0.1, -0.05) is 0 Å². The monoisotopic (exact) mass is 219 g/mol. The number of aliphatic hydroxyl groups excluding tert-OH is 1. The van der Waals surface area contributed by atoms with Crippen LogP contribution in [0, 0.1) is 5.82 Å². The maximum absolute atomic E-state index is 12.8. The SMILES string of the molecule is Cl.OCC1CNc2ccc(F)cc2O1. The number of nitrogens with one attached hydrogen (secondary N) is 1. The minimum Gasteiger partial charge on any atom is -0.484 e. The summed E-state index contributed by atoms with van der Waals surface area (Å²) >= 11 is 0. The van der Waals surface area contributed by atoms with E-state index >= 15 is 0 Å². The average Bonchev–Trinajstić information content (AvgIpc) is 2.16. The molecule has 0 saturated heterocycles. The molecular weight excluding hydrogens is 209 g/mol. The summed E-state index contributed by atoms with van der Waals surface area (Å²) in [4.78, 5) is 0. The highest BCUT2D eigenvalue weighted by atomic mass is 35.5. The molecule has 78 valence electrons. The number of anilines is 1. The van der Waals surface area contributed by atoms with Crippen LogP contribution in [0.1, 0.15) is 0 Å². The van der Waals surface area contributed by atoms with E-state index in [0.29, 0.717) is 12.3 Å². The predicted octanol–water partition coefficient (Wildman–Crippen LogP) is 1.41. The highest BCUT2D eigenvalue weighted by Gasteiger charge is 2.18. The molecule has 1 aliphatic heterocycles. The van der Waals surface area contributed by atoms with Gasteiger partial charge >= 0.3 is 0 Å². The Morgan fingerprint density at radius 2 is 2.36 bits per heavy atom. The van der Waals surface area contributed by atoms with Crippen molar-refractivity contribution in [3.63, 3.8) is 0 Å². The Labute approximate surface area is 87.3 Å². The van der Waals surface area contributed by atoms with Crippen molar-refractivity contribution in [3.8, 4) is 5.75 Å². The van der Waals surface area contributed by atoms with Crippen molar-refractivity contribution in [2.24, 2.45) is 0 Å². The van der Waals surface area contributed by atoms with Gasteiger partial charge in [-0.25, -0.2) is 4.39 Å². The second-order valence-electron chi connectivity index (χ2n) is 2.94. The maximum atomic E-state index is 12.8. The Bertz CT molecular complexity index is 322. The minimum atomic E-state index is -0.334. The smallest absolute Gasteiger partial charge is 0.145 e. The van der Waals surface area contributed by atoms with Gasteiger partial charge < -0.3 is 15.2 Å². The Morgan fingerprint density at radius 3 is 3.07 bits per heavy atom. The predicted molar refractivity (Wildman–Crippen MR) is 53.6 cm³/mol. The molecule has 0 fully saturated rings. The molecule has 14 heavy (non-hydrogen) atoms. The maximum Gasteiger partial charge on any atom is 0.145 e. The highest BCUT2D eigenvalue weighted by molar-refractivity contribution is 5.85. The first kappa shape index (κ1) is 11.1. The van der Waals surface area contributed by atoms with E-state index in [0.717, 1.165) is 5.69 Å². The zero-order valence-electron chi connectivity index (χ0n) is 7.37. The van der Waals surface area contributed by atoms with E-state index in [9.17, 15) is 4.39 Å². The highest BCUT2D eigenvalue weighted by Crippen LogP contribution is 2.29. The van der Waals surface area contributed by atoms with Crippen LogP contribution in [0.25, 0.3) is 0 Å². The second-order valence-corrected chi connectivity index (χ2v) is 2.94. The number of rotatable bonds is 1. The first-order chi connectivity index (χ1) is 6.29. The third kappa shape index (κ3) is 2.08. The lowest BCUT2D eigenvalue weighted by atomic mass is 10.2. The fraction of sp³-hybridized carbons (Fsp3) is 0.333. The van der Waals surface area contributed by atoms with Gasteiger partial charge in [0.05, 0.1) is 18.8 Å². The summed E-state index contributed by atoms with van der Waals surface area (Å²) in [6.07, 6.45) is -0.283. The number of hydrogen-bond donors (Lipinski definition) is 2. The van der Waals surface area contributed by atoms with Crippen LogP contribution in [0.5, 0.6) is 5.75 Å². The number of hydrogen-bond acceptors (Lipinski definition) is 3. The Morgan fingerprint density at radius 1 is 1.57 bits per heavy atom. The van der Waals surface area contributed by atoms with Crippen molar-refractivity contribution in [2.45, 2.75) is 6.10 Å². The topological polar surface area (TPSA) is 41.5 Å². The van der Waals surface area contributed by atoms with Crippen molar-refractivity contribution in [1.29, 1.82) is 0 Å². The van der Waals surface area contributed by atoms with Crippen LogP contribution in [-0.2, 0) is 0 Å². The average molecular weight is 220 g/mol. The lowest BCUT2D eigenvalue weighted by molar-refractivity contribution is 0.119. The fourth-order valence-corrected chi connectivity index (χ4v) is 1.29. The number of halogens is 2. The van der Waals surface area contributed by atoms with Crippen molar-refractivity contribution in [2.75, 3.05) is 18.5 Å². The molecule has 1 aromatic carbocycles. The van der Waals surface area contributed by atoms with Crippen molar-refractivity contribution in [1.82, 2.24) is 0 Å². The van der Waals surface area contributed by atoms with Crippen molar-refractivity contribution < 1.29 is 14.2 Å². The van der Waals surface area contributed by atoms with E-state index in [2.05, 4.69) is 5.32 Å². The molecule has 0 amide bonds. The molecule has 3 nitrogen and oxygen atoms in total. The summed E-state index contributed by atoms with van der Waals surface area (Å²) in [6, 6.07) is 4.30. The van der Waals surface area contributed by atoms with Crippen LogP contribution in [0.15, 0.2) is 18.2 Å². The van der Waals surface area contributed by atoms with Gasteiger partial charge in [0, 0.05) is 6.07 Å². The number of aliphatic hydroxyl groups is 1. The van der Waals surface area contributed by atoms with Gasteiger partial charge in [-0.15, -0.1) is 12.4 Å². The van der Waals surface area contributed by atoms with Gasteiger partial charge in [-0.2, -0.15) is 0 Å². The van der Waals surface area contributed by atoms with Crippen LogP contribution in [0.2, 0.25) is 0 Å². The number of fused-ring (bicyclic) bond motifs is 1. The van der Waals surface area contributed by atoms with Crippen LogP contribution >= 0.6 is 12.4 Å². The third-order valence-electron chi connectivity index (χ3n) is 1.96. The summed E-state index contributed by atoms with van der Waals surface area (Å²) in [5, 5.41) is 11.9. The molecule has 0 aliphatic carbocycles. The summed E-state index contributed by atoms with van der Waals surface area (Å²) in [7, 11) is 0. The van der Waals surface area contributed by atoms with Gasteiger partial charge in [0.25, 0.3) is 0 Å². The molecule has 2 N–H and O–H groups in total. The molecule has 0 aromatic heterocycles.